The lowest BCUT2D eigenvalue weighted by Gasteiger charge is -2.02. The number of thiazole rings is 1. The smallest absolute Gasteiger partial charge is 0.0890 e. The largest absolute Gasteiger partial charge is 0.244 e. The quantitative estimate of drug-likeness (QED) is 0.427. The van der Waals surface area contributed by atoms with Crippen LogP contribution in [0.5, 0.6) is 0 Å². The van der Waals surface area contributed by atoms with Crippen molar-refractivity contribution in [1.29, 1.82) is 0 Å². The van der Waals surface area contributed by atoms with Crippen molar-refractivity contribution in [3.8, 4) is 0 Å². The van der Waals surface area contributed by atoms with Gasteiger partial charge in [0, 0.05) is 5.56 Å². The highest BCUT2D eigenvalue weighted by Crippen LogP contribution is 2.37. The van der Waals surface area contributed by atoms with Crippen molar-refractivity contribution in [3.05, 3.63) is 40.9 Å². The second-order valence-corrected chi connectivity index (χ2v) is 4.65. The van der Waals surface area contributed by atoms with Crippen molar-refractivity contribution in [2.75, 3.05) is 0 Å². The van der Waals surface area contributed by atoms with Gasteiger partial charge in [0.2, 0.25) is 0 Å². The van der Waals surface area contributed by atoms with Crippen LogP contribution in [0.25, 0.3) is 33.1 Å². The summed E-state index contributed by atoms with van der Waals surface area (Å²) in [7, 11) is 0. The average molecular weight is 209 g/mol. The summed E-state index contributed by atoms with van der Waals surface area (Å²) in [5, 5.41) is 2.68. The van der Waals surface area contributed by atoms with Crippen LogP contribution in [0.3, 0.4) is 0 Å². The van der Waals surface area contributed by atoms with Gasteiger partial charge >= 0.3 is 0 Å². The zero-order valence-corrected chi connectivity index (χ0v) is 8.71. The van der Waals surface area contributed by atoms with E-state index in [0.29, 0.717) is 0 Å². The average Bonchev–Trinajstić information content (AvgIpc) is 2.85. The van der Waals surface area contributed by atoms with Crippen LogP contribution < -0.4 is 0 Å². The molecule has 1 aliphatic rings. The molecule has 0 N–H and O–H groups in total. The second kappa shape index (κ2) is 2.47. The fourth-order valence-corrected chi connectivity index (χ4v) is 3.05. The van der Waals surface area contributed by atoms with Gasteiger partial charge in [0.25, 0.3) is 0 Å². The number of fused-ring (bicyclic) bond motifs is 2. The van der Waals surface area contributed by atoms with Crippen LogP contribution in [0.15, 0.2) is 29.8 Å². The Hall–Kier alpha value is -1.67. The lowest BCUT2D eigenvalue weighted by atomic mass is 10.0. The third-order valence-corrected chi connectivity index (χ3v) is 3.74. The number of nitrogens with zero attached hydrogens (tertiary/aromatic N) is 1. The lowest BCUT2D eigenvalue weighted by molar-refractivity contribution is 1.50. The number of hydrogen-bond acceptors (Lipinski definition) is 2. The first kappa shape index (κ1) is 7.60. The van der Waals surface area contributed by atoms with Gasteiger partial charge in [0.05, 0.1) is 15.7 Å². The molecular weight excluding hydrogens is 202 g/mol. The van der Waals surface area contributed by atoms with Gasteiger partial charge in [-0.2, -0.15) is 0 Å². The van der Waals surface area contributed by atoms with Crippen LogP contribution >= 0.6 is 11.3 Å². The van der Waals surface area contributed by atoms with E-state index in [1.54, 1.807) is 11.3 Å². The molecule has 0 saturated heterocycles. The maximum absolute atomic E-state index is 4.44. The number of benzene rings is 2. The van der Waals surface area contributed by atoms with Crippen molar-refractivity contribution < 1.29 is 0 Å². The molecule has 0 atom stereocenters. The fourth-order valence-electron chi connectivity index (χ4n) is 2.31. The summed E-state index contributed by atoms with van der Waals surface area (Å²) >= 11 is 1.71. The maximum Gasteiger partial charge on any atom is 0.0890 e. The minimum atomic E-state index is 1.15. The molecule has 1 heterocycles. The Balaban J connectivity index is 2.42. The Morgan fingerprint density at radius 1 is 1.13 bits per heavy atom. The van der Waals surface area contributed by atoms with Crippen LogP contribution in [0, 0.1) is 0 Å². The monoisotopic (exact) mass is 209 g/mol. The first-order valence-corrected chi connectivity index (χ1v) is 5.78. The van der Waals surface area contributed by atoms with Gasteiger partial charge in [-0.15, -0.1) is 11.3 Å². The highest BCUT2D eigenvalue weighted by atomic mass is 32.1. The molecule has 0 bridgehead atoms. The third-order valence-electron chi connectivity index (χ3n) is 2.96. The molecule has 0 spiro atoms. The van der Waals surface area contributed by atoms with Crippen molar-refractivity contribution >= 4 is 44.5 Å². The van der Waals surface area contributed by atoms with Crippen molar-refractivity contribution in [3.63, 3.8) is 0 Å². The van der Waals surface area contributed by atoms with Gasteiger partial charge < -0.3 is 0 Å². The summed E-state index contributed by atoms with van der Waals surface area (Å²) in [5.74, 6) is 0. The molecule has 1 aliphatic carbocycles. The van der Waals surface area contributed by atoms with E-state index in [9.17, 15) is 0 Å². The fraction of sp³-hybridized carbons (Fsp3) is 0. The molecule has 1 nitrogen and oxygen atoms in total. The second-order valence-electron chi connectivity index (χ2n) is 3.77. The Morgan fingerprint density at radius 2 is 2.13 bits per heavy atom. The highest BCUT2D eigenvalue weighted by Gasteiger charge is 2.13. The summed E-state index contributed by atoms with van der Waals surface area (Å²) in [6.07, 6.45) is 4.36. The van der Waals surface area contributed by atoms with E-state index < -0.39 is 0 Å². The molecular formula is C13H7NS. The molecule has 4 rings (SSSR count). The normalized spacial score (nSPS) is 13.1. The van der Waals surface area contributed by atoms with Crippen LogP contribution in [-0.2, 0) is 0 Å². The topological polar surface area (TPSA) is 12.9 Å². The van der Waals surface area contributed by atoms with E-state index in [0.717, 1.165) is 5.52 Å². The summed E-state index contributed by atoms with van der Waals surface area (Å²) in [6, 6.07) is 8.69. The molecule has 3 aromatic rings. The molecule has 0 aliphatic heterocycles. The van der Waals surface area contributed by atoms with Crippen molar-refractivity contribution in [2.24, 2.45) is 0 Å². The van der Waals surface area contributed by atoms with Gasteiger partial charge in [-0.3, -0.25) is 0 Å². The highest BCUT2D eigenvalue weighted by molar-refractivity contribution is 7.16. The summed E-state index contributed by atoms with van der Waals surface area (Å²) in [4.78, 5) is 4.44. The number of hydrogen-bond donors (Lipinski definition) is 0. The molecule has 1 aromatic heterocycles. The molecule has 0 amide bonds. The van der Waals surface area contributed by atoms with Crippen LogP contribution in [-0.4, -0.2) is 4.98 Å². The number of aromatic nitrogens is 1. The molecule has 15 heavy (non-hydrogen) atoms. The Bertz CT molecular complexity index is 722. The minimum absolute atomic E-state index is 1.15. The molecule has 2 aromatic carbocycles. The summed E-state index contributed by atoms with van der Waals surface area (Å²) < 4.78 is 1.28. The predicted molar refractivity (Wildman–Crippen MR) is 66.1 cm³/mol. The van der Waals surface area contributed by atoms with Gasteiger partial charge in [0.1, 0.15) is 0 Å². The van der Waals surface area contributed by atoms with Gasteiger partial charge in [-0.1, -0.05) is 30.4 Å². The first-order valence-electron chi connectivity index (χ1n) is 4.90. The Morgan fingerprint density at radius 3 is 3.13 bits per heavy atom. The van der Waals surface area contributed by atoms with E-state index in [-0.39, 0.29) is 0 Å². The Kier molecular flexibility index (Phi) is 1.25. The molecule has 70 valence electrons. The van der Waals surface area contributed by atoms with E-state index in [4.69, 9.17) is 0 Å². The van der Waals surface area contributed by atoms with Gasteiger partial charge in [-0.25, -0.2) is 4.98 Å². The molecule has 0 radical (unpaired) electrons. The third kappa shape index (κ3) is 0.851. The zero-order chi connectivity index (χ0) is 9.83. The molecule has 0 saturated carbocycles. The van der Waals surface area contributed by atoms with E-state index >= 15 is 0 Å². The van der Waals surface area contributed by atoms with Gasteiger partial charge in [-0.05, 0) is 22.4 Å². The number of rotatable bonds is 0. The van der Waals surface area contributed by atoms with Crippen LogP contribution in [0.2, 0.25) is 0 Å². The van der Waals surface area contributed by atoms with E-state index in [1.165, 1.54) is 26.6 Å². The molecule has 0 unspecified atom stereocenters. The summed E-state index contributed by atoms with van der Waals surface area (Å²) in [5.41, 5.74) is 5.68. The first-order chi connectivity index (χ1) is 7.43. The lowest BCUT2D eigenvalue weighted by Crippen LogP contribution is -1.80. The molecule has 2 heteroatoms. The Labute approximate surface area is 90.7 Å². The van der Waals surface area contributed by atoms with Crippen molar-refractivity contribution in [2.45, 2.75) is 0 Å². The minimum Gasteiger partial charge on any atom is -0.244 e. The summed E-state index contributed by atoms with van der Waals surface area (Å²) in [6.45, 7) is 0. The van der Waals surface area contributed by atoms with E-state index in [1.807, 2.05) is 5.51 Å². The van der Waals surface area contributed by atoms with Crippen LogP contribution in [0.4, 0.5) is 0 Å². The molecule has 0 fully saturated rings. The van der Waals surface area contributed by atoms with E-state index in [2.05, 4.69) is 41.4 Å². The zero-order valence-electron chi connectivity index (χ0n) is 7.90. The SMILES string of the molecule is C1=Cc2c3ncsc3cc3cccc1c23. The standard InChI is InChI=1S/C13H7NS/c1-2-8-4-5-10-12(8)9(3-1)6-11-13(10)14-7-15-11/h1-7H. The van der Waals surface area contributed by atoms with Gasteiger partial charge in [0.15, 0.2) is 0 Å². The predicted octanol–water partition coefficient (Wildman–Crippen LogP) is 3.93. The van der Waals surface area contributed by atoms with Crippen LogP contribution in [0.1, 0.15) is 11.1 Å². The maximum atomic E-state index is 4.44. The van der Waals surface area contributed by atoms with Crippen molar-refractivity contribution in [1.82, 2.24) is 4.98 Å².